The van der Waals surface area contributed by atoms with Crippen molar-refractivity contribution in [2.45, 2.75) is 33.6 Å². The average molecular weight is 314 g/mol. The largest absolute Gasteiger partial charge is 0.313 e. The Morgan fingerprint density at radius 1 is 1.43 bits per heavy atom. The van der Waals surface area contributed by atoms with E-state index >= 15 is 0 Å². The molecule has 0 bridgehead atoms. The molecular weight excluding hydrogens is 291 g/mol. The smallest absolute Gasteiger partial charge is 0.159 e. The fourth-order valence-electron chi connectivity index (χ4n) is 2.89. The molecular formula is C19H23FN2O. The molecule has 0 saturated heterocycles. The maximum absolute atomic E-state index is 14.4. The molecule has 0 aromatic heterocycles. The summed E-state index contributed by atoms with van der Waals surface area (Å²) in [5.74, 6) is -0.361. The van der Waals surface area contributed by atoms with Crippen molar-refractivity contribution >= 4 is 11.5 Å². The maximum atomic E-state index is 14.4. The van der Waals surface area contributed by atoms with Gasteiger partial charge in [-0.05, 0) is 55.5 Å². The van der Waals surface area contributed by atoms with Crippen molar-refractivity contribution in [3.05, 3.63) is 58.4 Å². The topological polar surface area (TPSA) is 41.5 Å². The van der Waals surface area contributed by atoms with E-state index in [1.807, 2.05) is 19.9 Å². The second-order valence-corrected chi connectivity index (χ2v) is 5.96. The molecule has 23 heavy (non-hydrogen) atoms. The fourth-order valence-corrected chi connectivity index (χ4v) is 2.89. The van der Waals surface area contributed by atoms with Gasteiger partial charge in [0.25, 0.3) is 0 Å². The number of benzene rings is 1. The summed E-state index contributed by atoms with van der Waals surface area (Å²) in [4.78, 5) is 11.4. The molecule has 1 N–H and O–H groups in total. The third-order valence-corrected chi connectivity index (χ3v) is 4.13. The molecule has 1 atom stereocenters. The summed E-state index contributed by atoms with van der Waals surface area (Å²) >= 11 is 0. The number of rotatable bonds is 6. The summed E-state index contributed by atoms with van der Waals surface area (Å²) < 4.78 is 14.4. The van der Waals surface area contributed by atoms with Gasteiger partial charge in [-0.15, -0.1) is 0 Å². The molecule has 0 heterocycles. The van der Waals surface area contributed by atoms with Crippen molar-refractivity contribution in [1.29, 1.82) is 0 Å². The first-order valence-electron chi connectivity index (χ1n) is 7.84. The zero-order valence-corrected chi connectivity index (χ0v) is 14.1. The van der Waals surface area contributed by atoms with Crippen LogP contribution in [-0.4, -0.2) is 18.5 Å². The number of halogens is 1. The number of hydrazone groups is 1. The van der Waals surface area contributed by atoms with Crippen LogP contribution in [0.4, 0.5) is 4.39 Å². The standard InChI is InChI=1S/C19H23FN2O/c1-12-9-16(14(3)23)11-18(20)17(12)10-13(2)19(22-21-4)15-7-5-6-8-15/h5-7,9,11,13,21H,8,10H2,1-4H3/b22-19+. The van der Waals surface area contributed by atoms with Crippen molar-refractivity contribution in [3.8, 4) is 0 Å². The van der Waals surface area contributed by atoms with Gasteiger partial charge in [0.15, 0.2) is 5.78 Å². The highest BCUT2D eigenvalue weighted by Gasteiger charge is 2.20. The lowest BCUT2D eigenvalue weighted by molar-refractivity contribution is 0.101. The summed E-state index contributed by atoms with van der Waals surface area (Å²) in [6.07, 6.45) is 7.56. The minimum Gasteiger partial charge on any atom is -0.313 e. The quantitative estimate of drug-likeness (QED) is 0.490. The SMILES string of the molecule is CN/N=C(/C1=CC=CC1)C(C)Cc1c(C)cc(C(C)=O)cc1F. The molecule has 122 valence electrons. The van der Waals surface area contributed by atoms with Gasteiger partial charge < -0.3 is 5.43 Å². The van der Waals surface area contributed by atoms with Crippen LogP contribution in [0.1, 0.15) is 41.8 Å². The number of allylic oxidation sites excluding steroid dienone is 4. The van der Waals surface area contributed by atoms with Crippen LogP contribution in [0, 0.1) is 18.7 Å². The lowest BCUT2D eigenvalue weighted by atomic mass is 9.89. The first-order valence-corrected chi connectivity index (χ1v) is 7.84. The molecule has 2 rings (SSSR count). The molecule has 1 aromatic carbocycles. The summed E-state index contributed by atoms with van der Waals surface area (Å²) in [5.41, 5.74) is 6.83. The number of aryl methyl sites for hydroxylation is 1. The Labute approximate surface area is 137 Å². The number of carbonyl (C=O) groups excluding carboxylic acids is 1. The first-order chi connectivity index (χ1) is 10.9. The monoisotopic (exact) mass is 314 g/mol. The Morgan fingerprint density at radius 3 is 2.70 bits per heavy atom. The fraction of sp³-hybridized carbons (Fsp3) is 0.368. The van der Waals surface area contributed by atoms with E-state index in [1.54, 1.807) is 13.1 Å². The Bertz CT molecular complexity index is 678. The second-order valence-electron chi connectivity index (χ2n) is 5.96. The Kier molecular flexibility index (Phi) is 5.48. The highest BCUT2D eigenvalue weighted by Crippen LogP contribution is 2.24. The van der Waals surface area contributed by atoms with E-state index < -0.39 is 0 Å². The van der Waals surface area contributed by atoms with E-state index in [-0.39, 0.29) is 17.5 Å². The molecule has 1 aromatic rings. The van der Waals surface area contributed by atoms with Crippen LogP contribution in [0.15, 0.2) is 41.0 Å². The summed E-state index contributed by atoms with van der Waals surface area (Å²) in [5, 5.41) is 4.39. The number of nitrogens with zero attached hydrogens (tertiary/aromatic N) is 1. The van der Waals surface area contributed by atoms with E-state index in [0.29, 0.717) is 17.5 Å². The number of hydrogen-bond acceptors (Lipinski definition) is 3. The molecule has 3 nitrogen and oxygen atoms in total. The summed E-state index contributed by atoms with van der Waals surface area (Å²) in [7, 11) is 1.77. The van der Waals surface area contributed by atoms with E-state index in [0.717, 1.165) is 23.3 Å². The molecule has 1 unspecified atom stereocenters. The summed E-state index contributed by atoms with van der Waals surface area (Å²) in [6, 6.07) is 3.10. The maximum Gasteiger partial charge on any atom is 0.159 e. The van der Waals surface area contributed by atoms with Crippen LogP contribution in [0.2, 0.25) is 0 Å². The third kappa shape index (κ3) is 3.95. The molecule has 4 heteroatoms. The van der Waals surface area contributed by atoms with Crippen molar-refractivity contribution in [2.24, 2.45) is 11.0 Å². The molecule has 0 aliphatic heterocycles. The van der Waals surface area contributed by atoms with Gasteiger partial charge in [-0.1, -0.05) is 25.2 Å². The zero-order valence-electron chi connectivity index (χ0n) is 14.1. The number of nitrogens with one attached hydrogen (secondary N) is 1. The van der Waals surface area contributed by atoms with Crippen LogP contribution >= 0.6 is 0 Å². The number of Topliss-reactive ketones (excluding diaryl/α,β-unsaturated/α-hetero) is 1. The highest BCUT2D eigenvalue weighted by atomic mass is 19.1. The van der Waals surface area contributed by atoms with E-state index in [2.05, 4.69) is 22.7 Å². The van der Waals surface area contributed by atoms with E-state index in [4.69, 9.17) is 0 Å². The van der Waals surface area contributed by atoms with E-state index in [9.17, 15) is 9.18 Å². The predicted molar refractivity (Wildman–Crippen MR) is 92.3 cm³/mol. The Hall–Kier alpha value is -2.23. The van der Waals surface area contributed by atoms with Gasteiger partial charge in [0.2, 0.25) is 0 Å². The molecule has 1 aliphatic carbocycles. The van der Waals surface area contributed by atoms with Crippen molar-refractivity contribution in [3.63, 3.8) is 0 Å². The van der Waals surface area contributed by atoms with Crippen molar-refractivity contribution < 1.29 is 9.18 Å². The van der Waals surface area contributed by atoms with Gasteiger partial charge in [-0.3, -0.25) is 4.79 Å². The van der Waals surface area contributed by atoms with Crippen molar-refractivity contribution in [1.82, 2.24) is 5.43 Å². The van der Waals surface area contributed by atoms with Crippen LogP contribution < -0.4 is 5.43 Å². The molecule has 1 aliphatic rings. The van der Waals surface area contributed by atoms with Crippen LogP contribution in [0.3, 0.4) is 0 Å². The minimum atomic E-state index is -0.315. The van der Waals surface area contributed by atoms with Crippen LogP contribution in [0.25, 0.3) is 0 Å². The third-order valence-electron chi connectivity index (χ3n) is 4.13. The van der Waals surface area contributed by atoms with Gasteiger partial charge in [-0.2, -0.15) is 5.10 Å². The van der Waals surface area contributed by atoms with Gasteiger partial charge in [0, 0.05) is 18.5 Å². The van der Waals surface area contributed by atoms with Crippen molar-refractivity contribution in [2.75, 3.05) is 7.05 Å². The molecule has 0 spiro atoms. The van der Waals surface area contributed by atoms with Gasteiger partial charge in [-0.25, -0.2) is 4.39 Å². The molecule has 0 radical (unpaired) electrons. The van der Waals surface area contributed by atoms with E-state index in [1.165, 1.54) is 13.0 Å². The average Bonchev–Trinajstić information content (AvgIpc) is 3.01. The molecule has 0 saturated carbocycles. The first kappa shape index (κ1) is 17.1. The van der Waals surface area contributed by atoms with Gasteiger partial charge in [0.1, 0.15) is 5.82 Å². The number of hydrogen-bond donors (Lipinski definition) is 1. The molecule has 0 fully saturated rings. The minimum absolute atomic E-state index is 0.0741. The lowest BCUT2D eigenvalue weighted by Gasteiger charge is -2.18. The Balaban J connectivity index is 2.27. The van der Waals surface area contributed by atoms with Gasteiger partial charge >= 0.3 is 0 Å². The van der Waals surface area contributed by atoms with Crippen LogP contribution in [-0.2, 0) is 6.42 Å². The van der Waals surface area contributed by atoms with Gasteiger partial charge in [0.05, 0.1) is 5.71 Å². The number of carbonyl (C=O) groups is 1. The highest BCUT2D eigenvalue weighted by molar-refractivity contribution is 6.02. The summed E-state index contributed by atoms with van der Waals surface area (Å²) in [6.45, 7) is 5.35. The second kappa shape index (κ2) is 7.36. The normalized spacial score (nSPS) is 15.5. The number of ketones is 1. The predicted octanol–water partition coefficient (Wildman–Crippen LogP) is 3.98. The zero-order chi connectivity index (χ0) is 17.0. The lowest BCUT2D eigenvalue weighted by Crippen LogP contribution is -2.20. The Morgan fingerprint density at radius 2 is 2.17 bits per heavy atom. The van der Waals surface area contributed by atoms with Crippen LogP contribution in [0.5, 0.6) is 0 Å². The molecule has 0 amide bonds.